The third-order valence-corrected chi connectivity index (χ3v) is 4.68. The van der Waals surface area contributed by atoms with Gasteiger partial charge in [-0.1, -0.05) is 17.7 Å². The maximum atomic E-state index is 11.7. The molecule has 0 unspecified atom stereocenters. The van der Waals surface area contributed by atoms with Gasteiger partial charge in [0.05, 0.1) is 29.9 Å². The average Bonchev–Trinajstić information content (AvgIpc) is 2.76. The minimum atomic E-state index is -0.717. The third kappa shape index (κ3) is 4.18. The standard InChI is InChI=1S/C17H22BClO6/c1-16(2)17(3,4)25-18(24-16)11-6-7-12(19)14(10-11)23-13(8-9-20)15(21)22-5/h6-8,10,20H,9H2,1-5H3/b13-8-. The first-order valence-electron chi connectivity index (χ1n) is 7.83. The van der Waals surface area contributed by atoms with Crippen LogP contribution in [0.5, 0.6) is 5.75 Å². The lowest BCUT2D eigenvalue weighted by Gasteiger charge is -2.32. The van der Waals surface area contributed by atoms with Gasteiger partial charge >= 0.3 is 13.1 Å². The zero-order valence-corrected chi connectivity index (χ0v) is 15.7. The first-order chi connectivity index (χ1) is 11.6. The number of aliphatic hydroxyl groups excluding tert-OH is 1. The smallest absolute Gasteiger partial charge is 0.463 e. The fourth-order valence-electron chi connectivity index (χ4n) is 2.19. The Hall–Kier alpha value is -1.54. The molecule has 2 rings (SSSR count). The lowest BCUT2D eigenvalue weighted by Crippen LogP contribution is -2.41. The van der Waals surface area contributed by atoms with Crippen molar-refractivity contribution in [3.05, 3.63) is 35.1 Å². The minimum absolute atomic E-state index is 0.155. The molecule has 1 aliphatic heterocycles. The average molecular weight is 369 g/mol. The lowest BCUT2D eigenvalue weighted by atomic mass is 9.79. The van der Waals surface area contributed by atoms with E-state index in [0.29, 0.717) is 10.5 Å². The van der Waals surface area contributed by atoms with Crippen LogP contribution in [0.1, 0.15) is 27.7 Å². The Bertz CT molecular complexity index is 670. The van der Waals surface area contributed by atoms with E-state index in [1.54, 1.807) is 18.2 Å². The highest BCUT2D eigenvalue weighted by atomic mass is 35.5. The summed E-state index contributed by atoms with van der Waals surface area (Å²) < 4.78 is 22.1. The van der Waals surface area contributed by atoms with Crippen LogP contribution in [0.25, 0.3) is 0 Å². The van der Waals surface area contributed by atoms with Crippen molar-refractivity contribution >= 4 is 30.2 Å². The van der Waals surface area contributed by atoms with Crippen LogP contribution in [0.4, 0.5) is 0 Å². The Labute approximate surface area is 152 Å². The van der Waals surface area contributed by atoms with Crippen molar-refractivity contribution < 1.29 is 28.7 Å². The number of carbonyl (C=O) groups excluding carboxylic acids is 1. The van der Waals surface area contributed by atoms with Gasteiger partial charge in [-0.25, -0.2) is 4.79 Å². The summed E-state index contributed by atoms with van der Waals surface area (Å²) in [6, 6.07) is 5.04. The molecule has 0 amide bonds. The zero-order valence-electron chi connectivity index (χ0n) is 15.0. The van der Waals surface area contributed by atoms with Gasteiger partial charge in [-0.05, 0) is 51.4 Å². The summed E-state index contributed by atoms with van der Waals surface area (Å²) in [6.45, 7) is 7.46. The summed E-state index contributed by atoms with van der Waals surface area (Å²) in [4.78, 5) is 11.7. The molecular formula is C17H22BClO6. The molecule has 0 atom stereocenters. The van der Waals surface area contributed by atoms with Crippen LogP contribution >= 0.6 is 11.6 Å². The van der Waals surface area contributed by atoms with Gasteiger partial charge in [0.25, 0.3) is 0 Å². The van der Waals surface area contributed by atoms with Gasteiger partial charge in [0.1, 0.15) is 5.75 Å². The molecule has 0 aromatic heterocycles. The topological polar surface area (TPSA) is 74.2 Å². The third-order valence-electron chi connectivity index (χ3n) is 4.36. The van der Waals surface area contributed by atoms with Gasteiger partial charge in [-0.15, -0.1) is 0 Å². The number of carbonyl (C=O) groups is 1. The summed E-state index contributed by atoms with van der Waals surface area (Å²) in [5, 5.41) is 9.33. The number of aliphatic hydroxyl groups is 1. The van der Waals surface area contributed by atoms with E-state index >= 15 is 0 Å². The van der Waals surface area contributed by atoms with Gasteiger partial charge in [0.2, 0.25) is 5.76 Å². The van der Waals surface area contributed by atoms with Crippen molar-refractivity contribution in [1.29, 1.82) is 0 Å². The Kier molecular flexibility index (Phi) is 5.84. The first-order valence-corrected chi connectivity index (χ1v) is 8.21. The van der Waals surface area contributed by atoms with Crippen LogP contribution in [0, 0.1) is 0 Å². The molecule has 1 fully saturated rings. The Balaban J connectivity index is 2.30. The number of hydrogen-bond donors (Lipinski definition) is 1. The van der Waals surface area contributed by atoms with Crippen LogP contribution in [-0.4, -0.2) is 43.1 Å². The van der Waals surface area contributed by atoms with Gasteiger partial charge in [0.15, 0.2) is 0 Å². The predicted molar refractivity (Wildman–Crippen MR) is 95.0 cm³/mol. The molecule has 6 nitrogen and oxygen atoms in total. The molecule has 25 heavy (non-hydrogen) atoms. The van der Waals surface area contributed by atoms with Crippen molar-refractivity contribution in [1.82, 2.24) is 0 Å². The van der Waals surface area contributed by atoms with E-state index in [0.717, 1.165) is 0 Å². The maximum absolute atomic E-state index is 11.7. The van der Waals surface area contributed by atoms with Crippen molar-refractivity contribution in [2.24, 2.45) is 0 Å². The van der Waals surface area contributed by atoms with Crippen LogP contribution in [0.3, 0.4) is 0 Å². The van der Waals surface area contributed by atoms with E-state index in [9.17, 15) is 4.79 Å². The molecule has 1 aromatic rings. The highest BCUT2D eigenvalue weighted by Gasteiger charge is 2.51. The molecule has 136 valence electrons. The maximum Gasteiger partial charge on any atom is 0.494 e. The van der Waals surface area contributed by atoms with Crippen molar-refractivity contribution in [3.63, 3.8) is 0 Å². The van der Waals surface area contributed by atoms with Crippen LogP contribution in [-0.2, 0) is 18.8 Å². The fourth-order valence-corrected chi connectivity index (χ4v) is 2.35. The highest BCUT2D eigenvalue weighted by Crippen LogP contribution is 2.37. The van der Waals surface area contributed by atoms with Gasteiger partial charge < -0.3 is 23.9 Å². The molecule has 0 bridgehead atoms. The largest absolute Gasteiger partial charge is 0.494 e. The van der Waals surface area contributed by atoms with E-state index in [1.165, 1.54) is 13.2 Å². The van der Waals surface area contributed by atoms with Gasteiger partial charge in [-0.3, -0.25) is 0 Å². The fraction of sp³-hybridized carbons (Fsp3) is 0.471. The van der Waals surface area contributed by atoms with Crippen molar-refractivity contribution in [3.8, 4) is 5.75 Å². The lowest BCUT2D eigenvalue weighted by molar-refractivity contribution is -0.138. The van der Waals surface area contributed by atoms with Gasteiger partial charge in [-0.2, -0.15) is 0 Å². The summed E-state index contributed by atoms with van der Waals surface area (Å²) in [7, 11) is 0.632. The summed E-state index contributed by atoms with van der Waals surface area (Å²) in [6.07, 6.45) is 1.20. The molecule has 1 saturated heterocycles. The second kappa shape index (κ2) is 7.37. The number of esters is 1. The molecule has 1 heterocycles. The molecule has 1 aromatic carbocycles. The summed E-state index contributed by atoms with van der Waals surface area (Å²) in [5.74, 6) is -0.636. The molecule has 0 aliphatic carbocycles. The molecule has 1 N–H and O–H groups in total. The number of methoxy groups -OCH3 is 1. The van der Waals surface area contributed by atoms with E-state index < -0.39 is 24.3 Å². The SMILES string of the molecule is COC(=O)/C(=C/CO)Oc1cc(B2OC(C)(C)C(C)(C)O2)ccc1Cl. The molecule has 1 aliphatic rings. The molecule has 0 spiro atoms. The number of ether oxygens (including phenoxy) is 2. The second-order valence-corrected chi connectivity index (χ2v) is 7.03. The van der Waals surface area contributed by atoms with Crippen molar-refractivity contribution in [2.75, 3.05) is 13.7 Å². The molecule has 8 heteroatoms. The molecule has 0 saturated carbocycles. The zero-order chi connectivity index (χ0) is 18.8. The minimum Gasteiger partial charge on any atom is -0.463 e. The second-order valence-electron chi connectivity index (χ2n) is 6.62. The van der Waals surface area contributed by atoms with E-state index in [4.69, 9.17) is 30.8 Å². The monoisotopic (exact) mass is 368 g/mol. The van der Waals surface area contributed by atoms with E-state index in [1.807, 2.05) is 27.7 Å². The van der Waals surface area contributed by atoms with E-state index in [-0.39, 0.29) is 18.1 Å². The Morgan fingerprint density at radius 1 is 1.28 bits per heavy atom. The Morgan fingerprint density at radius 3 is 2.40 bits per heavy atom. The van der Waals surface area contributed by atoms with Crippen LogP contribution in [0.2, 0.25) is 5.02 Å². The predicted octanol–water partition coefficient (Wildman–Crippen LogP) is 2.07. The van der Waals surface area contributed by atoms with Crippen LogP contribution < -0.4 is 10.2 Å². The summed E-state index contributed by atoms with van der Waals surface area (Å²) in [5.41, 5.74) is -0.259. The summed E-state index contributed by atoms with van der Waals surface area (Å²) >= 11 is 6.16. The molecule has 0 radical (unpaired) electrons. The molecular weight excluding hydrogens is 346 g/mol. The first kappa shape index (κ1) is 19.8. The van der Waals surface area contributed by atoms with E-state index in [2.05, 4.69) is 4.74 Å². The number of benzene rings is 1. The van der Waals surface area contributed by atoms with Gasteiger partial charge in [0, 0.05) is 0 Å². The number of halogens is 1. The normalized spacial score (nSPS) is 19.0. The number of hydrogen-bond acceptors (Lipinski definition) is 6. The number of rotatable bonds is 5. The Morgan fingerprint density at radius 2 is 1.88 bits per heavy atom. The highest BCUT2D eigenvalue weighted by molar-refractivity contribution is 6.62. The quantitative estimate of drug-likeness (QED) is 0.371. The van der Waals surface area contributed by atoms with Crippen molar-refractivity contribution in [2.45, 2.75) is 38.9 Å². The van der Waals surface area contributed by atoms with Crippen LogP contribution in [0.15, 0.2) is 30.0 Å².